The lowest BCUT2D eigenvalue weighted by molar-refractivity contribution is 0.288. The summed E-state index contributed by atoms with van der Waals surface area (Å²) < 4.78 is 0. The maximum Gasteiger partial charge on any atom is 0.0928 e. The second-order valence-electron chi connectivity index (χ2n) is 2.59. The lowest BCUT2D eigenvalue weighted by Gasteiger charge is -1.90. The van der Waals surface area contributed by atoms with Gasteiger partial charge in [0.25, 0.3) is 0 Å². The summed E-state index contributed by atoms with van der Waals surface area (Å²) in [4.78, 5) is 5.47. The second-order valence-corrected chi connectivity index (χ2v) is 3.79. The Balaban J connectivity index is 2.41. The van der Waals surface area contributed by atoms with Gasteiger partial charge in [0.2, 0.25) is 0 Å². The minimum absolute atomic E-state index is 0.242. The molecule has 0 saturated carbocycles. The molecular formula is C8H14N2OS. The monoisotopic (exact) mass is 186 g/mol. The van der Waals surface area contributed by atoms with E-state index >= 15 is 0 Å². The van der Waals surface area contributed by atoms with Crippen molar-refractivity contribution in [2.45, 2.75) is 19.3 Å². The third-order valence-corrected chi connectivity index (χ3v) is 2.66. The van der Waals surface area contributed by atoms with E-state index in [1.807, 2.05) is 6.20 Å². The molecule has 0 saturated heterocycles. The molecule has 1 aromatic heterocycles. The van der Waals surface area contributed by atoms with Crippen molar-refractivity contribution in [1.82, 2.24) is 4.98 Å². The molecule has 1 heterocycles. The number of thiazole rings is 1. The average molecular weight is 186 g/mol. The maximum absolute atomic E-state index is 8.59. The lowest BCUT2D eigenvalue weighted by atomic mass is 10.3. The van der Waals surface area contributed by atoms with Crippen LogP contribution in [0.2, 0.25) is 0 Å². The molecule has 0 aliphatic carbocycles. The minimum Gasteiger partial charge on any atom is -0.396 e. The Hall–Kier alpha value is -0.450. The first-order valence-corrected chi connectivity index (χ1v) is 4.93. The quantitative estimate of drug-likeness (QED) is 0.706. The molecule has 4 heteroatoms. The Morgan fingerprint density at radius 2 is 2.33 bits per heavy atom. The Morgan fingerprint density at radius 3 is 3.00 bits per heavy atom. The highest BCUT2D eigenvalue weighted by molar-refractivity contribution is 7.11. The van der Waals surface area contributed by atoms with Crippen LogP contribution in [0, 0.1) is 0 Å². The second kappa shape index (κ2) is 5.24. The number of aliphatic hydroxyl groups excluding tert-OH is 1. The standard InChI is InChI=1S/C8H14N2OS/c9-4-3-7-6-10-8(12-7)2-1-5-11/h6,11H,1-5,9H2. The normalized spacial score (nSPS) is 10.5. The van der Waals surface area contributed by atoms with Crippen LogP contribution in [0.25, 0.3) is 0 Å². The summed E-state index contributed by atoms with van der Waals surface area (Å²) in [5.41, 5.74) is 5.41. The number of hydrogen-bond donors (Lipinski definition) is 2. The first kappa shape index (κ1) is 9.64. The van der Waals surface area contributed by atoms with Crippen molar-refractivity contribution < 1.29 is 5.11 Å². The van der Waals surface area contributed by atoms with E-state index in [9.17, 15) is 0 Å². The number of rotatable bonds is 5. The number of nitrogens with two attached hydrogens (primary N) is 1. The fourth-order valence-corrected chi connectivity index (χ4v) is 1.93. The van der Waals surface area contributed by atoms with Crippen LogP contribution in [0.3, 0.4) is 0 Å². The van der Waals surface area contributed by atoms with E-state index in [-0.39, 0.29) is 6.61 Å². The molecule has 0 bridgehead atoms. The van der Waals surface area contributed by atoms with E-state index in [1.165, 1.54) is 4.88 Å². The summed E-state index contributed by atoms with van der Waals surface area (Å²) in [6.45, 7) is 0.924. The molecule has 0 aromatic carbocycles. The van der Waals surface area contributed by atoms with Crippen molar-refractivity contribution in [1.29, 1.82) is 0 Å². The zero-order chi connectivity index (χ0) is 8.81. The van der Waals surface area contributed by atoms with Gasteiger partial charge in [-0.1, -0.05) is 0 Å². The first-order chi connectivity index (χ1) is 5.86. The van der Waals surface area contributed by atoms with Crippen LogP contribution >= 0.6 is 11.3 Å². The maximum atomic E-state index is 8.59. The Morgan fingerprint density at radius 1 is 1.50 bits per heavy atom. The predicted molar refractivity (Wildman–Crippen MR) is 50.3 cm³/mol. The molecule has 0 atom stereocenters. The topological polar surface area (TPSA) is 59.1 Å². The predicted octanol–water partition coefficient (Wildman–Crippen LogP) is 0.569. The molecule has 0 amide bonds. The van der Waals surface area contributed by atoms with Crippen molar-refractivity contribution >= 4 is 11.3 Å². The smallest absolute Gasteiger partial charge is 0.0928 e. The van der Waals surface area contributed by atoms with Crippen LogP contribution in [0.15, 0.2) is 6.20 Å². The Bertz CT molecular complexity index is 225. The molecule has 3 nitrogen and oxygen atoms in total. The van der Waals surface area contributed by atoms with Gasteiger partial charge in [0.05, 0.1) is 5.01 Å². The van der Waals surface area contributed by atoms with Gasteiger partial charge in [0.15, 0.2) is 0 Å². The van der Waals surface area contributed by atoms with Crippen molar-refractivity contribution in [3.05, 3.63) is 16.1 Å². The molecule has 68 valence electrons. The van der Waals surface area contributed by atoms with Crippen LogP contribution in [0.4, 0.5) is 0 Å². The highest BCUT2D eigenvalue weighted by Crippen LogP contribution is 2.14. The molecule has 0 aliphatic heterocycles. The van der Waals surface area contributed by atoms with Crippen molar-refractivity contribution in [2.24, 2.45) is 5.73 Å². The fourth-order valence-electron chi connectivity index (χ4n) is 0.952. The molecule has 0 unspecified atom stereocenters. The molecule has 1 aromatic rings. The number of hydrogen-bond acceptors (Lipinski definition) is 4. The summed E-state index contributed by atoms with van der Waals surface area (Å²) in [7, 11) is 0. The molecule has 0 radical (unpaired) electrons. The molecule has 0 spiro atoms. The zero-order valence-electron chi connectivity index (χ0n) is 6.99. The van der Waals surface area contributed by atoms with E-state index in [0.29, 0.717) is 6.54 Å². The van der Waals surface area contributed by atoms with E-state index in [1.54, 1.807) is 11.3 Å². The van der Waals surface area contributed by atoms with Crippen molar-refractivity contribution in [2.75, 3.05) is 13.2 Å². The van der Waals surface area contributed by atoms with Gasteiger partial charge in [-0.05, 0) is 19.4 Å². The summed E-state index contributed by atoms with van der Waals surface area (Å²) in [6.07, 6.45) is 4.47. The summed E-state index contributed by atoms with van der Waals surface area (Å²) in [5, 5.41) is 9.70. The first-order valence-electron chi connectivity index (χ1n) is 4.11. The third-order valence-electron chi connectivity index (χ3n) is 1.54. The largest absolute Gasteiger partial charge is 0.396 e. The van der Waals surface area contributed by atoms with Crippen LogP contribution in [0.5, 0.6) is 0 Å². The third kappa shape index (κ3) is 2.89. The molecular weight excluding hydrogens is 172 g/mol. The highest BCUT2D eigenvalue weighted by atomic mass is 32.1. The Labute approximate surface area is 76.3 Å². The van der Waals surface area contributed by atoms with Crippen LogP contribution < -0.4 is 5.73 Å². The molecule has 12 heavy (non-hydrogen) atoms. The average Bonchev–Trinajstić information content (AvgIpc) is 2.50. The van der Waals surface area contributed by atoms with Crippen molar-refractivity contribution in [3.63, 3.8) is 0 Å². The van der Waals surface area contributed by atoms with E-state index in [0.717, 1.165) is 24.3 Å². The van der Waals surface area contributed by atoms with Gasteiger partial charge in [0.1, 0.15) is 0 Å². The highest BCUT2D eigenvalue weighted by Gasteiger charge is 2.00. The van der Waals surface area contributed by atoms with E-state index < -0.39 is 0 Å². The van der Waals surface area contributed by atoms with Crippen LogP contribution in [-0.2, 0) is 12.8 Å². The minimum atomic E-state index is 0.242. The number of aryl methyl sites for hydroxylation is 1. The van der Waals surface area contributed by atoms with Gasteiger partial charge < -0.3 is 10.8 Å². The van der Waals surface area contributed by atoms with E-state index in [4.69, 9.17) is 10.8 Å². The van der Waals surface area contributed by atoms with Gasteiger partial charge >= 0.3 is 0 Å². The summed E-state index contributed by atoms with van der Waals surface area (Å²) in [5.74, 6) is 0. The van der Waals surface area contributed by atoms with Gasteiger partial charge in [-0.15, -0.1) is 11.3 Å². The summed E-state index contributed by atoms with van der Waals surface area (Å²) in [6, 6.07) is 0. The SMILES string of the molecule is NCCc1cnc(CCCO)s1. The van der Waals surface area contributed by atoms with Gasteiger partial charge in [-0.25, -0.2) is 4.98 Å². The number of aromatic nitrogens is 1. The fraction of sp³-hybridized carbons (Fsp3) is 0.625. The van der Waals surface area contributed by atoms with Gasteiger partial charge in [0, 0.05) is 24.1 Å². The van der Waals surface area contributed by atoms with Crippen LogP contribution in [-0.4, -0.2) is 23.2 Å². The molecule has 0 aliphatic rings. The van der Waals surface area contributed by atoms with E-state index in [2.05, 4.69) is 4.98 Å². The molecule has 3 N–H and O–H groups in total. The molecule has 1 rings (SSSR count). The molecule has 0 fully saturated rings. The number of aliphatic hydroxyl groups is 1. The van der Waals surface area contributed by atoms with Crippen LogP contribution in [0.1, 0.15) is 16.3 Å². The lowest BCUT2D eigenvalue weighted by Crippen LogP contribution is -2.00. The summed E-state index contributed by atoms with van der Waals surface area (Å²) >= 11 is 1.70. The van der Waals surface area contributed by atoms with Crippen molar-refractivity contribution in [3.8, 4) is 0 Å². The number of nitrogens with zero attached hydrogens (tertiary/aromatic N) is 1. The Kier molecular flexibility index (Phi) is 4.21. The zero-order valence-corrected chi connectivity index (χ0v) is 7.81. The van der Waals surface area contributed by atoms with Gasteiger partial charge in [-0.3, -0.25) is 0 Å². The van der Waals surface area contributed by atoms with Gasteiger partial charge in [-0.2, -0.15) is 0 Å².